The first-order chi connectivity index (χ1) is 11.2. The highest BCUT2D eigenvalue weighted by Crippen LogP contribution is 2.34. The van der Waals surface area contributed by atoms with Crippen LogP contribution in [0.15, 0.2) is 54.6 Å². The van der Waals surface area contributed by atoms with Crippen molar-refractivity contribution >= 4 is 54.4 Å². The fourth-order valence-corrected chi connectivity index (χ4v) is 5.02. The third-order valence-corrected chi connectivity index (χ3v) is 6.41. The van der Waals surface area contributed by atoms with Crippen LogP contribution in [0.1, 0.15) is 21.5 Å². The number of rotatable bonds is 3. The molecular weight excluding hydrogens is 322 g/mol. The maximum Gasteiger partial charge on any atom is 0.265 e. The van der Waals surface area contributed by atoms with Gasteiger partial charge in [0.15, 0.2) is 0 Å². The SMILES string of the molecule is CCc1cc2cc(C(=O)Nc3cccc4ccccc34)sc2s1. The minimum Gasteiger partial charge on any atom is -0.321 e. The van der Waals surface area contributed by atoms with Gasteiger partial charge in [0.2, 0.25) is 0 Å². The summed E-state index contributed by atoms with van der Waals surface area (Å²) in [6.07, 6.45) is 1.05. The van der Waals surface area contributed by atoms with E-state index in [2.05, 4.69) is 30.4 Å². The van der Waals surface area contributed by atoms with Crippen LogP contribution >= 0.6 is 22.7 Å². The number of anilines is 1. The predicted octanol–water partition coefficient (Wildman–Crippen LogP) is 5.93. The molecule has 1 N–H and O–H groups in total. The lowest BCUT2D eigenvalue weighted by Gasteiger charge is -2.07. The molecule has 0 saturated heterocycles. The van der Waals surface area contributed by atoms with Gasteiger partial charge in [-0.25, -0.2) is 0 Å². The third-order valence-electron chi connectivity index (χ3n) is 3.88. The van der Waals surface area contributed by atoms with Gasteiger partial charge in [-0.3, -0.25) is 4.79 Å². The summed E-state index contributed by atoms with van der Waals surface area (Å²) in [4.78, 5) is 14.7. The Morgan fingerprint density at radius 2 is 1.83 bits per heavy atom. The molecule has 2 nitrogen and oxygen atoms in total. The summed E-state index contributed by atoms with van der Waals surface area (Å²) < 4.78 is 1.23. The first-order valence-corrected chi connectivity index (χ1v) is 9.19. The van der Waals surface area contributed by atoms with Crippen molar-refractivity contribution in [3.8, 4) is 0 Å². The minimum atomic E-state index is -0.0344. The van der Waals surface area contributed by atoms with E-state index in [1.807, 2.05) is 36.4 Å². The monoisotopic (exact) mass is 337 g/mol. The Labute approximate surface area is 142 Å². The summed E-state index contributed by atoms with van der Waals surface area (Å²) in [5, 5.41) is 6.43. The summed E-state index contributed by atoms with van der Waals surface area (Å²) in [5.41, 5.74) is 0.860. The van der Waals surface area contributed by atoms with E-state index < -0.39 is 0 Å². The van der Waals surface area contributed by atoms with E-state index in [9.17, 15) is 4.79 Å². The van der Waals surface area contributed by atoms with Crippen molar-refractivity contribution in [2.24, 2.45) is 0 Å². The molecule has 114 valence electrons. The van der Waals surface area contributed by atoms with Gasteiger partial charge in [-0.1, -0.05) is 43.3 Å². The Morgan fingerprint density at radius 1 is 1.00 bits per heavy atom. The normalized spacial score (nSPS) is 11.2. The molecule has 4 heteroatoms. The molecule has 4 aromatic rings. The van der Waals surface area contributed by atoms with Gasteiger partial charge in [-0.15, -0.1) is 22.7 Å². The zero-order valence-electron chi connectivity index (χ0n) is 12.6. The number of carbonyl (C=O) groups excluding carboxylic acids is 1. The second kappa shape index (κ2) is 5.80. The van der Waals surface area contributed by atoms with E-state index in [1.165, 1.54) is 14.3 Å². The van der Waals surface area contributed by atoms with Crippen LogP contribution in [-0.4, -0.2) is 5.91 Å². The zero-order valence-corrected chi connectivity index (χ0v) is 14.3. The summed E-state index contributed by atoms with van der Waals surface area (Å²) in [5.74, 6) is -0.0344. The summed E-state index contributed by atoms with van der Waals surface area (Å²) in [6.45, 7) is 2.16. The van der Waals surface area contributed by atoms with Crippen molar-refractivity contribution < 1.29 is 4.79 Å². The molecule has 0 aliphatic carbocycles. The van der Waals surface area contributed by atoms with Gasteiger partial charge in [-0.2, -0.15) is 0 Å². The van der Waals surface area contributed by atoms with Gasteiger partial charge in [0.25, 0.3) is 5.91 Å². The number of benzene rings is 2. The van der Waals surface area contributed by atoms with Crippen molar-refractivity contribution in [2.75, 3.05) is 5.32 Å². The highest BCUT2D eigenvalue weighted by atomic mass is 32.2. The first-order valence-electron chi connectivity index (χ1n) is 7.56. The maximum absolute atomic E-state index is 12.6. The number of nitrogens with one attached hydrogen (secondary N) is 1. The molecule has 0 spiro atoms. The largest absolute Gasteiger partial charge is 0.321 e. The Balaban J connectivity index is 1.66. The summed E-state index contributed by atoms with van der Waals surface area (Å²) in [7, 11) is 0. The van der Waals surface area contributed by atoms with Crippen molar-refractivity contribution in [1.82, 2.24) is 0 Å². The number of amides is 1. The summed E-state index contributed by atoms with van der Waals surface area (Å²) in [6, 6.07) is 18.2. The van der Waals surface area contributed by atoms with Crippen LogP contribution in [0, 0.1) is 0 Å². The van der Waals surface area contributed by atoms with Crippen molar-refractivity contribution in [3.63, 3.8) is 0 Å². The van der Waals surface area contributed by atoms with E-state index >= 15 is 0 Å². The third kappa shape index (κ3) is 2.64. The Kier molecular flexibility index (Phi) is 3.63. The number of hydrogen-bond acceptors (Lipinski definition) is 3. The topological polar surface area (TPSA) is 29.1 Å². The molecule has 0 saturated carbocycles. The van der Waals surface area contributed by atoms with Crippen LogP contribution in [0.4, 0.5) is 5.69 Å². The van der Waals surface area contributed by atoms with E-state index in [0.29, 0.717) is 0 Å². The molecule has 0 aliphatic heterocycles. The molecule has 0 aliphatic rings. The lowest BCUT2D eigenvalue weighted by atomic mass is 10.1. The smallest absolute Gasteiger partial charge is 0.265 e. The molecular formula is C19H15NOS2. The van der Waals surface area contributed by atoms with Crippen molar-refractivity contribution in [1.29, 1.82) is 0 Å². The fraction of sp³-hybridized carbons (Fsp3) is 0.105. The van der Waals surface area contributed by atoms with Crippen LogP contribution in [-0.2, 0) is 6.42 Å². The molecule has 1 amide bonds. The molecule has 0 bridgehead atoms. The molecule has 2 aromatic heterocycles. The number of thiophene rings is 2. The van der Waals surface area contributed by atoms with Crippen molar-refractivity contribution in [3.05, 3.63) is 64.4 Å². The zero-order chi connectivity index (χ0) is 15.8. The Morgan fingerprint density at radius 3 is 2.65 bits per heavy atom. The molecule has 2 aromatic carbocycles. The van der Waals surface area contributed by atoms with Gasteiger partial charge in [-0.05, 0) is 30.0 Å². The highest BCUT2D eigenvalue weighted by molar-refractivity contribution is 7.39. The molecule has 0 unspecified atom stereocenters. The van der Waals surface area contributed by atoms with Gasteiger partial charge in [0, 0.05) is 21.3 Å². The van der Waals surface area contributed by atoms with Crippen molar-refractivity contribution in [2.45, 2.75) is 13.3 Å². The van der Waals surface area contributed by atoms with E-state index in [0.717, 1.165) is 27.8 Å². The average Bonchev–Trinajstić information content (AvgIpc) is 3.13. The molecule has 0 radical (unpaired) electrons. The van der Waals surface area contributed by atoms with Crippen LogP contribution in [0.25, 0.3) is 20.2 Å². The van der Waals surface area contributed by atoms with Crippen LogP contribution in [0.5, 0.6) is 0 Å². The fourth-order valence-electron chi connectivity index (χ4n) is 2.70. The molecule has 2 heterocycles. The highest BCUT2D eigenvalue weighted by Gasteiger charge is 2.13. The standard InChI is InChI=1S/C19H15NOS2/c1-2-14-10-13-11-17(23-19(13)22-14)18(21)20-16-9-5-7-12-6-3-4-8-15(12)16/h3-11H,2H2,1H3,(H,20,21). The van der Waals surface area contributed by atoms with Crippen LogP contribution in [0.2, 0.25) is 0 Å². The summed E-state index contributed by atoms with van der Waals surface area (Å²) >= 11 is 3.36. The Bertz CT molecular complexity index is 976. The predicted molar refractivity (Wildman–Crippen MR) is 101 cm³/mol. The molecule has 23 heavy (non-hydrogen) atoms. The van der Waals surface area contributed by atoms with E-state index in [4.69, 9.17) is 0 Å². The first kappa shape index (κ1) is 14.4. The minimum absolute atomic E-state index is 0.0344. The number of hydrogen-bond donors (Lipinski definition) is 1. The van der Waals surface area contributed by atoms with Gasteiger partial charge in [0.05, 0.1) is 8.89 Å². The second-order valence-corrected chi connectivity index (χ2v) is 7.85. The van der Waals surface area contributed by atoms with E-state index in [1.54, 1.807) is 22.7 Å². The lowest BCUT2D eigenvalue weighted by molar-refractivity contribution is 0.103. The number of aryl methyl sites for hydroxylation is 1. The number of carbonyl (C=O) groups is 1. The average molecular weight is 337 g/mol. The number of fused-ring (bicyclic) bond motifs is 2. The quantitative estimate of drug-likeness (QED) is 0.493. The molecule has 4 rings (SSSR count). The van der Waals surface area contributed by atoms with Gasteiger partial charge >= 0.3 is 0 Å². The second-order valence-electron chi connectivity index (χ2n) is 5.40. The van der Waals surface area contributed by atoms with Gasteiger partial charge in [0.1, 0.15) is 0 Å². The maximum atomic E-state index is 12.6. The lowest BCUT2D eigenvalue weighted by Crippen LogP contribution is -2.10. The van der Waals surface area contributed by atoms with Crippen LogP contribution in [0.3, 0.4) is 0 Å². The van der Waals surface area contributed by atoms with E-state index in [-0.39, 0.29) is 5.91 Å². The molecule has 0 fully saturated rings. The van der Waals surface area contributed by atoms with Gasteiger partial charge < -0.3 is 5.32 Å². The van der Waals surface area contributed by atoms with Crippen LogP contribution < -0.4 is 5.32 Å². The Hall–Kier alpha value is -2.17. The molecule has 0 atom stereocenters.